The second-order valence-corrected chi connectivity index (χ2v) is 13.0. The van der Waals surface area contributed by atoms with Crippen molar-refractivity contribution in [2.45, 2.75) is 33.0 Å². The van der Waals surface area contributed by atoms with Crippen molar-refractivity contribution in [1.29, 1.82) is 0 Å². The summed E-state index contributed by atoms with van der Waals surface area (Å²) >= 11 is 0. The molecule has 234 valence electrons. The summed E-state index contributed by atoms with van der Waals surface area (Å²) in [6.07, 6.45) is 2.11. The summed E-state index contributed by atoms with van der Waals surface area (Å²) in [5.74, 6) is 2.21. The number of aliphatic hydroxyl groups excluding tert-OH is 1. The summed E-state index contributed by atoms with van der Waals surface area (Å²) in [6, 6.07) is 26.2. The highest BCUT2D eigenvalue weighted by atomic mass is 32.2. The number of sulfonamides is 1. The summed E-state index contributed by atoms with van der Waals surface area (Å²) in [5.41, 5.74) is 5.53. The quantitative estimate of drug-likeness (QED) is 0.157. The van der Waals surface area contributed by atoms with E-state index in [1.807, 2.05) is 67.6 Å². The van der Waals surface area contributed by atoms with Gasteiger partial charge < -0.3 is 24.2 Å². The monoisotopic (exact) mass is 627 g/mol. The van der Waals surface area contributed by atoms with Gasteiger partial charge in [0.1, 0.15) is 17.2 Å². The first-order valence-corrected chi connectivity index (χ1v) is 16.6. The normalized spacial score (nSPS) is 14.5. The van der Waals surface area contributed by atoms with E-state index in [1.54, 1.807) is 24.3 Å². The van der Waals surface area contributed by atoms with E-state index in [0.717, 1.165) is 41.7 Å². The van der Waals surface area contributed by atoms with Crippen molar-refractivity contribution in [3.05, 3.63) is 119 Å². The van der Waals surface area contributed by atoms with Gasteiger partial charge in [-0.2, -0.15) is 0 Å². The zero-order valence-corrected chi connectivity index (χ0v) is 26.2. The molecule has 0 amide bonds. The number of ether oxygens (including phenoxy) is 3. The molecule has 1 saturated heterocycles. The number of anilines is 2. The highest BCUT2D eigenvalue weighted by Crippen LogP contribution is 2.32. The molecule has 9 nitrogen and oxygen atoms in total. The molecule has 4 aromatic rings. The molecule has 1 atom stereocenters. The fraction of sp³-hybridized carbons (Fsp3) is 0.286. The maximum Gasteiger partial charge on any atom is 0.229 e. The van der Waals surface area contributed by atoms with Crippen molar-refractivity contribution in [2.24, 2.45) is 5.92 Å². The summed E-state index contributed by atoms with van der Waals surface area (Å²) in [5, 5.41) is 9.79. The van der Waals surface area contributed by atoms with Gasteiger partial charge in [0, 0.05) is 37.4 Å². The first-order chi connectivity index (χ1) is 21.7. The average molecular weight is 628 g/mol. The molecular weight excluding hydrogens is 590 g/mol. The second kappa shape index (κ2) is 14.5. The highest BCUT2D eigenvalue weighted by Gasteiger charge is 2.18. The lowest BCUT2D eigenvalue weighted by Gasteiger charge is -2.28. The Hall–Kier alpha value is -4.56. The maximum atomic E-state index is 12.0. The molecule has 10 heteroatoms. The van der Waals surface area contributed by atoms with Gasteiger partial charge in [-0.05, 0) is 72.0 Å². The second-order valence-electron chi connectivity index (χ2n) is 11.2. The molecule has 0 aliphatic carbocycles. The fourth-order valence-corrected chi connectivity index (χ4v) is 5.83. The number of nitrogens with zero attached hydrogens (tertiary/aromatic N) is 2. The molecule has 4 aromatic carbocycles. The Morgan fingerprint density at radius 2 is 1.64 bits per heavy atom. The molecule has 0 bridgehead atoms. The first kappa shape index (κ1) is 31.9. The van der Waals surface area contributed by atoms with E-state index in [4.69, 9.17) is 20.8 Å². The number of hydrogen-bond donors (Lipinski definition) is 2. The molecule has 1 aliphatic heterocycles. The Morgan fingerprint density at radius 1 is 0.956 bits per heavy atom. The molecule has 0 spiro atoms. The highest BCUT2D eigenvalue weighted by molar-refractivity contribution is 7.92. The van der Waals surface area contributed by atoms with Gasteiger partial charge in [-0.25, -0.2) is 13.3 Å². The van der Waals surface area contributed by atoms with Crippen LogP contribution in [0.4, 0.5) is 17.1 Å². The molecule has 1 aliphatic rings. The number of nitrogens with one attached hydrogen (secondary N) is 1. The molecule has 0 radical (unpaired) electrons. The van der Waals surface area contributed by atoms with Crippen LogP contribution < -0.4 is 19.1 Å². The van der Waals surface area contributed by atoms with Crippen LogP contribution in [0.1, 0.15) is 28.7 Å². The van der Waals surface area contributed by atoms with E-state index in [0.29, 0.717) is 66.4 Å². The molecule has 0 saturated carbocycles. The summed E-state index contributed by atoms with van der Waals surface area (Å²) in [7, 11) is -3.45. The van der Waals surface area contributed by atoms with Crippen LogP contribution in [0, 0.1) is 19.4 Å². The van der Waals surface area contributed by atoms with Crippen LogP contribution in [-0.4, -0.2) is 39.6 Å². The van der Waals surface area contributed by atoms with E-state index in [-0.39, 0.29) is 6.61 Å². The number of rotatable bonds is 13. The van der Waals surface area contributed by atoms with Gasteiger partial charge in [-0.3, -0.25) is 4.72 Å². The zero-order chi connectivity index (χ0) is 31.8. The summed E-state index contributed by atoms with van der Waals surface area (Å²) < 4.78 is 44.2. The molecule has 0 aromatic heterocycles. The third-order valence-electron chi connectivity index (χ3n) is 7.54. The number of benzene rings is 4. The molecule has 45 heavy (non-hydrogen) atoms. The van der Waals surface area contributed by atoms with Gasteiger partial charge in [-0.1, -0.05) is 42.5 Å². The minimum atomic E-state index is -3.45. The van der Waals surface area contributed by atoms with E-state index in [2.05, 4.69) is 14.5 Å². The molecule has 5 rings (SSSR count). The predicted molar refractivity (Wildman–Crippen MR) is 176 cm³/mol. The molecule has 1 heterocycles. The topological polar surface area (TPSA) is 102 Å². The largest absolute Gasteiger partial charge is 0.493 e. The molecule has 2 N–H and O–H groups in total. The first-order valence-electron chi connectivity index (χ1n) is 14.7. The van der Waals surface area contributed by atoms with Gasteiger partial charge in [0.15, 0.2) is 5.69 Å². The molecule has 1 unspecified atom stereocenters. The third kappa shape index (κ3) is 8.99. The van der Waals surface area contributed by atoms with E-state index in [1.165, 1.54) is 0 Å². The van der Waals surface area contributed by atoms with Crippen molar-refractivity contribution in [2.75, 3.05) is 35.7 Å². The Bertz CT molecular complexity index is 1750. The average Bonchev–Trinajstić information content (AvgIpc) is 3.55. The van der Waals surface area contributed by atoms with Gasteiger partial charge in [-0.15, -0.1) is 0 Å². The van der Waals surface area contributed by atoms with Gasteiger partial charge >= 0.3 is 0 Å². The van der Waals surface area contributed by atoms with Gasteiger partial charge in [0.2, 0.25) is 10.0 Å². The standard InChI is InChI=1S/C35H37N3O6S/c1-25-34(37-45(3,40)41)5-4-6-35(25)38(20-26-7-11-30(36-2)12-8-26)21-27-9-13-31(14-10-27)44-33-18-29(22-39)17-32(19-33)43-24-28-15-16-42-23-28/h4-14,17-19,28,37,39H,15-16,20-24H2,1,3H3. The lowest BCUT2D eigenvalue weighted by Crippen LogP contribution is -2.23. The van der Waals surface area contributed by atoms with Crippen LogP contribution in [0.25, 0.3) is 4.85 Å². The molecular formula is C35H37N3O6S. The van der Waals surface area contributed by atoms with Crippen molar-refractivity contribution < 1.29 is 27.7 Å². The number of aliphatic hydroxyl groups is 1. The Kier molecular flexibility index (Phi) is 10.2. The van der Waals surface area contributed by atoms with Gasteiger partial charge in [0.25, 0.3) is 0 Å². The van der Waals surface area contributed by atoms with E-state index >= 15 is 0 Å². The lowest BCUT2D eigenvalue weighted by molar-refractivity contribution is 0.167. The van der Waals surface area contributed by atoms with Crippen LogP contribution >= 0.6 is 0 Å². The van der Waals surface area contributed by atoms with E-state index < -0.39 is 10.0 Å². The SMILES string of the molecule is [C-]#[N+]c1ccc(CN(Cc2ccc(Oc3cc(CO)cc(OCC4CCOC4)c3)cc2)c2cccc(NS(C)(=O)=O)c2C)cc1. The lowest BCUT2D eigenvalue weighted by atomic mass is 10.1. The minimum absolute atomic E-state index is 0.129. The predicted octanol–water partition coefficient (Wildman–Crippen LogP) is 6.82. The van der Waals surface area contributed by atoms with Crippen molar-refractivity contribution >= 4 is 27.1 Å². The van der Waals surface area contributed by atoms with Crippen molar-refractivity contribution in [3.63, 3.8) is 0 Å². The Balaban J connectivity index is 1.35. The van der Waals surface area contributed by atoms with Crippen molar-refractivity contribution in [1.82, 2.24) is 0 Å². The third-order valence-corrected chi connectivity index (χ3v) is 8.14. The van der Waals surface area contributed by atoms with Crippen LogP contribution in [-0.2, 0) is 34.5 Å². The summed E-state index contributed by atoms with van der Waals surface area (Å²) in [4.78, 5) is 5.67. The van der Waals surface area contributed by atoms with Crippen LogP contribution in [0.2, 0.25) is 0 Å². The smallest absolute Gasteiger partial charge is 0.229 e. The molecule has 1 fully saturated rings. The van der Waals surface area contributed by atoms with E-state index in [9.17, 15) is 13.5 Å². The number of hydrogen-bond acceptors (Lipinski definition) is 7. The van der Waals surface area contributed by atoms with Crippen LogP contribution in [0.3, 0.4) is 0 Å². The minimum Gasteiger partial charge on any atom is -0.493 e. The van der Waals surface area contributed by atoms with Gasteiger partial charge in [0.05, 0.1) is 38.3 Å². The van der Waals surface area contributed by atoms with Crippen LogP contribution in [0.15, 0.2) is 84.9 Å². The van der Waals surface area contributed by atoms with Crippen molar-refractivity contribution in [3.8, 4) is 17.2 Å². The Morgan fingerprint density at radius 3 is 2.27 bits per heavy atom. The fourth-order valence-electron chi connectivity index (χ4n) is 5.21. The maximum absolute atomic E-state index is 12.0. The zero-order valence-electron chi connectivity index (χ0n) is 25.4. The van der Waals surface area contributed by atoms with Crippen LogP contribution in [0.5, 0.6) is 17.2 Å². The Labute approximate surface area is 264 Å². The summed E-state index contributed by atoms with van der Waals surface area (Å²) in [6.45, 7) is 12.1.